The molecule has 10 heteroatoms. The summed E-state index contributed by atoms with van der Waals surface area (Å²) in [6, 6.07) is 19.7. The van der Waals surface area contributed by atoms with Crippen molar-refractivity contribution in [3.63, 3.8) is 0 Å². The summed E-state index contributed by atoms with van der Waals surface area (Å²) >= 11 is 6.36. The van der Waals surface area contributed by atoms with Gasteiger partial charge in [0.25, 0.3) is 10.0 Å². The molecular formula is C31H38ClN3O5S. The zero-order chi connectivity index (χ0) is 30.2. The molecule has 0 aliphatic carbocycles. The molecule has 0 saturated heterocycles. The second-order valence-electron chi connectivity index (χ2n) is 10.3. The van der Waals surface area contributed by atoms with E-state index in [1.807, 2.05) is 51.1 Å². The average molecular weight is 600 g/mol. The molecule has 0 aliphatic heterocycles. The van der Waals surface area contributed by atoms with Gasteiger partial charge < -0.3 is 15.0 Å². The molecule has 220 valence electrons. The molecule has 3 aromatic rings. The van der Waals surface area contributed by atoms with Gasteiger partial charge in [0.05, 0.1) is 22.7 Å². The van der Waals surface area contributed by atoms with Crippen molar-refractivity contribution in [3.05, 3.63) is 88.9 Å². The molecule has 1 N–H and O–H groups in total. The molecule has 0 heterocycles. The minimum Gasteiger partial charge on any atom is -0.495 e. The number of carbonyl (C=O) groups excluding carboxylic acids is 2. The number of anilines is 1. The predicted octanol–water partition coefficient (Wildman–Crippen LogP) is 5.08. The second kappa shape index (κ2) is 14.4. The Morgan fingerprint density at radius 3 is 2.22 bits per heavy atom. The highest BCUT2D eigenvalue weighted by Crippen LogP contribution is 2.32. The highest BCUT2D eigenvalue weighted by molar-refractivity contribution is 7.92. The van der Waals surface area contributed by atoms with Crippen LogP contribution in [0.2, 0.25) is 5.02 Å². The maximum atomic E-state index is 14.0. The minimum absolute atomic E-state index is 0.0291. The van der Waals surface area contributed by atoms with E-state index in [1.54, 1.807) is 25.1 Å². The number of sulfonamides is 1. The standard InChI is InChI=1S/C31H38ClN3O5S/c1-22(2)20-33-31(37)24(4)34(18-17-25-9-7-6-8-10-25)30(36)21-35(26-13-16-29(40-5)28(32)19-26)41(38,39)27-14-11-23(3)12-15-27/h6-16,19,22,24H,17-18,20-21H2,1-5H3,(H,33,37)/t24-/m0/s1. The van der Waals surface area contributed by atoms with Crippen LogP contribution < -0.4 is 14.4 Å². The highest BCUT2D eigenvalue weighted by Gasteiger charge is 2.32. The molecule has 2 amide bonds. The Morgan fingerprint density at radius 2 is 1.63 bits per heavy atom. The summed E-state index contributed by atoms with van der Waals surface area (Å²) in [6.45, 7) is 7.63. The molecule has 1 atom stereocenters. The van der Waals surface area contributed by atoms with Crippen LogP contribution in [0.3, 0.4) is 0 Å². The van der Waals surface area contributed by atoms with E-state index >= 15 is 0 Å². The van der Waals surface area contributed by atoms with Crippen LogP contribution in [-0.4, -0.2) is 57.9 Å². The summed E-state index contributed by atoms with van der Waals surface area (Å²) in [7, 11) is -2.72. The Morgan fingerprint density at radius 1 is 0.976 bits per heavy atom. The van der Waals surface area contributed by atoms with E-state index in [-0.39, 0.29) is 34.0 Å². The van der Waals surface area contributed by atoms with E-state index in [0.717, 1.165) is 15.4 Å². The molecule has 0 unspecified atom stereocenters. The van der Waals surface area contributed by atoms with Crippen LogP contribution in [0.1, 0.15) is 31.9 Å². The fraction of sp³-hybridized carbons (Fsp3) is 0.355. The fourth-order valence-electron chi connectivity index (χ4n) is 4.20. The Hall–Kier alpha value is -3.56. The van der Waals surface area contributed by atoms with Crippen LogP contribution >= 0.6 is 11.6 Å². The molecule has 0 spiro atoms. The number of ether oxygens (including phenoxy) is 1. The third-order valence-corrected chi connectivity index (χ3v) is 8.73. The van der Waals surface area contributed by atoms with Crippen molar-refractivity contribution in [2.75, 3.05) is 31.0 Å². The van der Waals surface area contributed by atoms with Gasteiger partial charge in [-0.3, -0.25) is 13.9 Å². The predicted molar refractivity (Wildman–Crippen MR) is 163 cm³/mol. The van der Waals surface area contributed by atoms with Crippen LogP contribution in [-0.2, 0) is 26.0 Å². The lowest BCUT2D eigenvalue weighted by molar-refractivity contribution is -0.138. The first-order chi connectivity index (χ1) is 19.4. The maximum absolute atomic E-state index is 14.0. The Bertz CT molecular complexity index is 1430. The lowest BCUT2D eigenvalue weighted by Crippen LogP contribution is -2.52. The van der Waals surface area contributed by atoms with E-state index in [4.69, 9.17) is 16.3 Å². The van der Waals surface area contributed by atoms with Crippen LogP contribution in [0.15, 0.2) is 77.7 Å². The Balaban J connectivity index is 2.00. The van der Waals surface area contributed by atoms with Gasteiger partial charge >= 0.3 is 0 Å². The summed E-state index contributed by atoms with van der Waals surface area (Å²) in [5, 5.41) is 3.08. The van der Waals surface area contributed by atoms with Crippen LogP contribution in [0.5, 0.6) is 5.75 Å². The molecular weight excluding hydrogens is 562 g/mol. The SMILES string of the molecule is COc1ccc(N(CC(=O)N(CCc2ccccc2)[C@@H](C)C(=O)NCC(C)C)S(=O)(=O)c2ccc(C)cc2)cc1Cl. The number of benzene rings is 3. The molecule has 0 saturated carbocycles. The Labute approximate surface area is 248 Å². The number of halogens is 1. The van der Waals surface area contributed by atoms with E-state index in [9.17, 15) is 18.0 Å². The molecule has 0 aliphatic rings. The number of nitrogens with zero attached hydrogens (tertiary/aromatic N) is 2. The van der Waals surface area contributed by atoms with Gasteiger partial charge in [-0.1, -0.05) is 73.5 Å². The smallest absolute Gasteiger partial charge is 0.264 e. The van der Waals surface area contributed by atoms with Crippen molar-refractivity contribution in [3.8, 4) is 5.75 Å². The van der Waals surface area contributed by atoms with E-state index < -0.39 is 28.5 Å². The lowest BCUT2D eigenvalue weighted by Gasteiger charge is -2.32. The second-order valence-corrected chi connectivity index (χ2v) is 12.6. The third kappa shape index (κ3) is 8.47. The summed E-state index contributed by atoms with van der Waals surface area (Å²) < 4.78 is 34.1. The van der Waals surface area contributed by atoms with E-state index in [2.05, 4.69) is 5.32 Å². The van der Waals surface area contributed by atoms with Gasteiger partial charge in [-0.15, -0.1) is 0 Å². The summed E-state index contributed by atoms with van der Waals surface area (Å²) in [5.41, 5.74) is 2.09. The number of methoxy groups -OCH3 is 1. The first kappa shape index (κ1) is 32.0. The molecule has 3 aromatic carbocycles. The third-order valence-electron chi connectivity index (χ3n) is 6.65. The normalized spacial score (nSPS) is 12.1. The van der Waals surface area contributed by atoms with Gasteiger partial charge in [-0.25, -0.2) is 8.42 Å². The van der Waals surface area contributed by atoms with Crippen molar-refractivity contribution in [1.29, 1.82) is 0 Å². The lowest BCUT2D eigenvalue weighted by atomic mass is 10.1. The first-order valence-corrected chi connectivity index (χ1v) is 15.3. The molecule has 41 heavy (non-hydrogen) atoms. The van der Waals surface area contributed by atoms with Crippen molar-refractivity contribution >= 4 is 39.1 Å². The van der Waals surface area contributed by atoms with Gasteiger partial charge in [0.2, 0.25) is 11.8 Å². The van der Waals surface area contributed by atoms with E-state index in [1.165, 1.54) is 36.3 Å². The van der Waals surface area contributed by atoms with Gasteiger partial charge in [0, 0.05) is 13.1 Å². The zero-order valence-corrected chi connectivity index (χ0v) is 25.7. The number of amides is 2. The summed E-state index contributed by atoms with van der Waals surface area (Å²) in [4.78, 5) is 28.5. The zero-order valence-electron chi connectivity index (χ0n) is 24.1. The van der Waals surface area contributed by atoms with Crippen LogP contribution in [0.25, 0.3) is 0 Å². The molecule has 0 radical (unpaired) electrons. The monoisotopic (exact) mass is 599 g/mol. The van der Waals surface area contributed by atoms with Gasteiger partial charge in [-0.05, 0) is 62.1 Å². The molecule has 8 nitrogen and oxygen atoms in total. The molecule has 0 aromatic heterocycles. The van der Waals surface area contributed by atoms with Crippen molar-refractivity contribution < 1.29 is 22.7 Å². The van der Waals surface area contributed by atoms with Crippen molar-refractivity contribution in [2.45, 2.75) is 45.1 Å². The quantitative estimate of drug-likeness (QED) is 0.295. The van der Waals surface area contributed by atoms with Gasteiger partial charge in [0.1, 0.15) is 18.3 Å². The average Bonchev–Trinajstić information content (AvgIpc) is 2.95. The number of nitrogens with one attached hydrogen (secondary N) is 1. The van der Waals surface area contributed by atoms with Crippen molar-refractivity contribution in [1.82, 2.24) is 10.2 Å². The minimum atomic E-state index is -4.18. The number of carbonyl (C=O) groups is 2. The van der Waals surface area contributed by atoms with E-state index in [0.29, 0.717) is 18.7 Å². The number of aryl methyl sites for hydroxylation is 1. The highest BCUT2D eigenvalue weighted by atomic mass is 35.5. The maximum Gasteiger partial charge on any atom is 0.264 e. The molecule has 0 fully saturated rings. The number of hydrogen-bond donors (Lipinski definition) is 1. The van der Waals surface area contributed by atoms with Gasteiger partial charge in [-0.2, -0.15) is 0 Å². The fourth-order valence-corrected chi connectivity index (χ4v) is 5.86. The van der Waals surface area contributed by atoms with Gasteiger partial charge in [0.15, 0.2) is 0 Å². The first-order valence-electron chi connectivity index (χ1n) is 13.5. The Kier molecular flexibility index (Phi) is 11.2. The van der Waals surface area contributed by atoms with Crippen LogP contribution in [0, 0.1) is 12.8 Å². The molecule has 3 rings (SSSR count). The largest absolute Gasteiger partial charge is 0.495 e. The number of hydrogen-bond acceptors (Lipinski definition) is 5. The summed E-state index contributed by atoms with van der Waals surface area (Å²) in [5.74, 6) is -0.222. The number of rotatable bonds is 13. The summed E-state index contributed by atoms with van der Waals surface area (Å²) in [6.07, 6.45) is 0.494. The van der Waals surface area contributed by atoms with Crippen molar-refractivity contribution in [2.24, 2.45) is 5.92 Å². The topological polar surface area (TPSA) is 96.0 Å². The van der Waals surface area contributed by atoms with Crippen LogP contribution in [0.4, 0.5) is 5.69 Å². The molecule has 0 bridgehead atoms.